The van der Waals surface area contributed by atoms with Crippen molar-refractivity contribution in [2.75, 3.05) is 6.54 Å². The quantitative estimate of drug-likeness (QED) is 0.809. The third kappa shape index (κ3) is 3.30. The van der Waals surface area contributed by atoms with Crippen molar-refractivity contribution in [1.82, 2.24) is 9.88 Å². The zero-order valence-corrected chi connectivity index (χ0v) is 13.4. The zero-order chi connectivity index (χ0) is 15.4. The highest BCUT2D eigenvalue weighted by molar-refractivity contribution is 5.34. The van der Waals surface area contributed by atoms with E-state index in [0.29, 0.717) is 12.1 Å². The maximum atomic E-state index is 6.05. The van der Waals surface area contributed by atoms with Gasteiger partial charge in [-0.2, -0.15) is 0 Å². The van der Waals surface area contributed by atoms with E-state index < -0.39 is 0 Å². The van der Waals surface area contributed by atoms with Crippen LogP contribution in [0.3, 0.4) is 0 Å². The van der Waals surface area contributed by atoms with E-state index in [1.165, 1.54) is 24.8 Å². The molecule has 1 atom stereocenters. The third-order valence-electron chi connectivity index (χ3n) is 4.32. The van der Waals surface area contributed by atoms with Gasteiger partial charge in [0.25, 0.3) is 0 Å². The van der Waals surface area contributed by atoms with Crippen LogP contribution < -0.4 is 4.74 Å². The van der Waals surface area contributed by atoms with Crippen molar-refractivity contribution in [2.24, 2.45) is 0 Å². The summed E-state index contributed by atoms with van der Waals surface area (Å²) in [5.74, 6) is 1.58. The number of ether oxygens (including phenoxy) is 1. The molecule has 2 heterocycles. The van der Waals surface area contributed by atoms with Gasteiger partial charge in [0.1, 0.15) is 5.75 Å². The number of hydrogen-bond acceptors (Lipinski definition) is 3. The Bertz CT molecular complexity index is 597. The summed E-state index contributed by atoms with van der Waals surface area (Å²) in [4.78, 5) is 7.06. The van der Waals surface area contributed by atoms with Gasteiger partial charge in [-0.05, 0) is 51.4 Å². The van der Waals surface area contributed by atoms with Crippen molar-refractivity contribution in [3.63, 3.8) is 0 Å². The molecule has 3 nitrogen and oxygen atoms in total. The normalized spacial score (nSPS) is 19.3. The summed E-state index contributed by atoms with van der Waals surface area (Å²) in [6, 6.07) is 15.0. The maximum absolute atomic E-state index is 6.05. The minimum Gasteiger partial charge on any atom is -0.439 e. The van der Waals surface area contributed by atoms with E-state index in [9.17, 15) is 0 Å². The number of pyridine rings is 1. The van der Waals surface area contributed by atoms with Crippen molar-refractivity contribution < 1.29 is 4.74 Å². The Labute approximate surface area is 132 Å². The minimum atomic E-state index is 0.404. The van der Waals surface area contributed by atoms with Crippen LogP contribution in [-0.4, -0.2) is 22.5 Å². The first kappa shape index (κ1) is 15.0. The summed E-state index contributed by atoms with van der Waals surface area (Å²) >= 11 is 0. The number of aromatic nitrogens is 1. The molecule has 1 aromatic carbocycles. The molecule has 0 spiro atoms. The SMILES string of the molecule is CC(C)N1CCCC[C@H]1c1cccnc1Oc1ccccc1. The van der Waals surface area contributed by atoms with E-state index in [0.717, 1.165) is 18.2 Å². The molecule has 1 saturated heterocycles. The van der Waals surface area contributed by atoms with Crippen molar-refractivity contribution in [3.05, 3.63) is 54.2 Å². The van der Waals surface area contributed by atoms with Gasteiger partial charge in [-0.25, -0.2) is 4.98 Å². The molecule has 3 heteroatoms. The van der Waals surface area contributed by atoms with E-state index in [4.69, 9.17) is 4.74 Å². The molecule has 0 unspecified atom stereocenters. The first-order chi connectivity index (χ1) is 10.8. The van der Waals surface area contributed by atoms with Gasteiger partial charge in [0.2, 0.25) is 5.88 Å². The fourth-order valence-corrected chi connectivity index (χ4v) is 3.25. The lowest BCUT2D eigenvalue weighted by molar-refractivity contribution is 0.110. The molecule has 116 valence electrons. The number of benzene rings is 1. The van der Waals surface area contributed by atoms with Gasteiger partial charge >= 0.3 is 0 Å². The largest absolute Gasteiger partial charge is 0.439 e. The molecule has 3 rings (SSSR count). The number of piperidine rings is 1. The van der Waals surface area contributed by atoms with Crippen LogP contribution >= 0.6 is 0 Å². The Balaban J connectivity index is 1.90. The summed E-state index contributed by atoms with van der Waals surface area (Å²) in [5, 5.41) is 0. The van der Waals surface area contributed by atoms with Crippen LogP contribution in [0, 0.1) is 0 Å². The Morgan fingerprint density at radius 3 is 2.68 bits per heavy atom. The van der Waals surface area contributed by atoms with E-state index in [1.54, 1.807) is 0 Å². The molecule has 0 bridgehead atoms. The molecule has 0 N–H and O–H groups in total. The van der Waals surface area contributed by atoms with E-state index in [-0.39, 0.29) is 0 Å². The molecular weight excluding hydrogens is 272 g/mol. The Morgan fingerprint density at radius 1 is 1.09 bits per heavy atom. The molecule has 22 heavy (non-hydrogen) atoms. The average Bonchev–Trinajstić information content (AvgIpc) is 2.56. The molecule has 1 fully saturated rings. The van der Waals surface area contributed by atoms with Crippen molar-refractivity contribution in [2.45, 2.75) is 45.2 Å². The Morgan fingerprint density at radius 2 is 1.91 bits per heavy atom. The first-order valence-corrected chi connectivity index (χ1v) is 8.19. The molecule has 0 aliphatic carbocycles. The lowest BCUT2D eigenvalue weighted by Crippen LogP contribution is -2.38. The second-order valence-electron chi connectivity index (χ2n) is 6.16. The second kappa shape index (κ2) is 6.93. The van der Waals surface area contributed by atoms with Crippen LogP contribution in [0.15, 0.2) is 48.7 Å². The fraction of sp³-hybridized carbons (Fsp3) is 0.421. The highest BCUT2D eigenvalue weighted by Crippen LogP contribution is 2.37. The van der Waals surface area contributed by atoms with Crippen LogP contribution in [0.25, 0.3) is 0 Å². The van der Waals surface area contributed by atoms with Gasteiger partial charge < -0.3 is 4.74 Å². The summed E-state index contributed by atoms with van der Waals surface area (Å²) < 4.78 is 6.05. The lowest BCUT2D eigenvalue weighted by Gasteiger charge is -2.39. The second-order valence-corrected chi connectivity index (χ2v) is 6.16. The summed E-state index contributed by atoms with van der Waals surface area (Å²) in [7, 11) is 0. The number of para-hydroxylation sites is 1. The molecule has 1 aromatic heterocycles. The van der Waals surface area contributed by atoms with Crippen LogP contribution in [0.2, 0.25) is 0 Å². The molecular formula is C19H24N2O. The number of nitrogens with zero attached hydrogens (tertiary/aromatic N) is 2. The lowest BCUT2D eigenvalue weighted by atomic mass is 9.94. The highest BCUT2D eigenvalue weighted by atomic mass is 16.5. The molecule has 1 aliphatic rings. The van der Waals surface area contributed by atoms with Gasteiger partial charge in [-0.3, -0.25) is 4.90 Å². The van der Waals surface area contributed by atoms with Gasteiger partial charge in [0.15, 0.2) is 0 Å². The average molecular weight is 296 g/mol. The monoisotopic (exact) mass is 296 g/mol. The molecule has 1 aliphatic heterocycles. The van der Waals surface area contributed by atoms with Gasteiger partial charge in [-0.1, -0.05) is 30.7 Å². The topological polar surface area (TPSA) is 25.4 Å². The predicted octanol–water partition coefficient (Wildman–Crippen LogP) is 4.81. The smallest absolute Gasteiger partial charge is 0.223 e. The zero-order valence-electron chi connectivity index (χ0n) is 13.4. The van der Waals surface area contributed by atoms with Crippen molar-refractivity contribution in [1.29, 1.82) is 0 Å². The van der Waals surface area contributed by atoms with Crippen LogP contribution in [0.4, 0.5) is 0 Å². The number of likely N-dealkylation sites (tertiary alicyclic amines) is 1. The van der Waals surface area contributed by atoms with Crippen molar-refractivity contribution in [3.8, 4) is 11.6 Å². The molecule has 0 saturated carbocycles. The standard InChI is InChI=1S/C19H24N2O/c1-15(2)21-14-7-6-12-18(21)17-11-8-13-20-19(17)22-16-9-4-3-5-10-16/h3-5,8-11,13,15,18H,6-7,12,14H2,1-2H3/t18-/m0/s1. The fourth-order valence-electron chi connectivity index (χ4n) is 3.25. The van der Waals surface area contributed by atoms with E-state index in [2.05, 4.69) is 29.8 Å². The highest BCUT2D eigenvalue weighted by Gasteiger charge is 2.28. The number of rotatable bonds is 4. The number of hydrogen-bond donors (Lipinski definition) is 0. The Kier molecular flexibility index (Phi) is 4.74. The summed E-state index contributed by atoms with van der Waals surface area (Å²) in [6.45, 7) is 5.70. The summed E-state index contributed by atoms with van der Waals surface area (Å²) in [5.41, 5.74) is 1.21. The predicted molar refractivity (Wildman–Crippen MR) is 89.2 cm³/mol. The molecule has 2 aromatic rings. The van der Waals surface area contributed by atoms with Gasteiger partial charge in [0.05, 0.1) is 0 Å². The van der Waals surface area contributed by atoms with Gasteiger partial charge in [0, 0.05) is 23.8 Å². The van der Waals surface area contributed by atoms with Crippen LogP contribution in [0.5, 0.6) is 11.6 Å². The third-order valence-corrected chi connectivity index (χ3v) is 4.32. The first-order valence-electron chi connectivity index (χ1n) is 8.19. The minimum absolute atomic E-state index is 0.404. The maximum Gasteiger partial charge on any atom is 0.223 e. The van der Waals surface area contributed by atoms with Gasteiger partial charge in [-0.15, -0.1) is 0 Å². The summed E-state index contributed by atoms with van der Waals surface area (Å²) in [6.07, 6.45) is 5.54. The van der Waals surface area contributed by atoms with E-state index in [1.807, 2.05) is 42.6 Å². The molecule has 0 radical (unpaired) electrons. The van der Waals surface area contributed by atoms with Crippen LogP contribution in [0.1, 0.15) is 44.7 Å². The van der Waals surface area contributed by atoms with Crippen molar-refractivity contribution >= 4 is 0 Å². The van der Waals surface area contributed by atoms with Crippen LogP contribution in [-0.2, 0) is 0 Å². The molecule has 0 amide bonds. The van der Waals surface area contributed by atoms with E-state index >= 15 is 0 Å². The Hall–Kier alpha value is -1.87.